The van der Waals surface area contributed by atoms with Crippen molar-refractivity contribution in [3.05, 3.63) is 77.1 Å². The van der Waals surface area contributed by atoms with Crippen LogP contribution in [0.3, 0.4) is 0 Å². The van der Waals surface area contributed by atoms with Crippen LogP contribution in [-0.4, -0.2) is 51.3 Å². The van der Waals surface area contributed by atoms with E-state index in [0.717, 1.165) is 5.69 Å². The van der Waals surface area contributed by atoms with E-state index in [4.69, 9.17) is 32.7 Å². The number of carbonyl (C=O) groups excluding carboxylic acids is 2. The van der Waals surface area contributed by atoms with E-state index in [1.807, 2.05) is 24.1 Å². The molecule has 2 amide bonds. The number of thioether (sulfide) groups is 1. The van der Waals surface area contributed by atoms with Crippen LogP contribution in [0.1, 0.15) is 23.0 Å². The van der Waals surface area contributed by atoms with E-state index < -0.39 is 16.2 Å². The lowest BCUT2D eigenvalue weighted by molar-refractivity contribution is -0.139. The topological polar surface area (TPSA) is 70.1 Å². The van der Waals surface area contributed by atoms with Crippen molar-refractivity contribution in [2.24, 2.45) is 0 Å². The highest BCUT2D eigenvalue weighted by atomic mass is 35.5. The predicted octanol–water partition coefficient (Wildman–Crippen LogP) is 4.23. The summed E-state index contributed by atoms with van der Waals surface area (Å²) in [6, 6.07) is 12.6. The van der Waals surface area contributed by atoms with E-state index in [2.05, 4.69) is 0 Å². The van der Waals surface area contributed by atoms with Crippen LogP contribution in [0, 0.1) is 0 Å². The molecule has 5 heterocycles. The van der Waals surface area contributed by atoms with Crippen LogP contribution < -0.4 is 4.90 Å². The molecule has 6 rings (SSSR count). The number of rotatable bonds is 3. The highest BCUT2D eigenvalue weighted by molar-refractivity contribution is 8.25. The third-order valence-corrected chi connectivity index (χ3v) is 9.37. The van der Waals surface area contributed by atoms with Gasteiger partial charge in [-0.25, -0.2) is 0 Å². The Balaban J connectivity index is 1.61. The van der Waals surface area contributed by atoms with Gasteiger partial charge in [-0.05, 0) is 49.5 Å². The first-order valence-corrected chi connectivity index (χ1v) is 12.3. The number of hydrogen-bond donors (Lipinski definition) is 0. The molecule has 3 aliphatic heterocycles. The molecule has 2 spiro atoms. The van der Waals surface area contributed by atoms with Crippen LogP contribution in [0.2, 0.25) is 5.02 Å². The summed E-state index contributed by atoms with van der Waals surface area (Å²) in [5, 5.41) is 0.497. The van der Waals surface area contributed by atoms with E-state index in [1.165, 1.54) is 11.8 Å². The Morgan fingerprint density at radius 2 is 1.88 bits per heavy atom. The summed E-state index contributed by atoms with van der Waals surface area (Å²) < 4.78 is 10.5. The summed E-state index contributed by atoms with van der Waals surface area (Å²) in [4.78, 5) is 33.9. The van der Waals surface area contributed by atoms with E-state index in [0.29, 0.717) is 33.0 Å². The fraction of sp³-hybridized carbons (Fsp3) is 0.292. The molecule has 174 valence electrons. The number of halogens is 1. The third-order valence-electron chi connectivity index (χ3n) is 7.19. The lowest BCUT2D eigenvalue weighted by Crippen LogP contribution is -2.62. The monoisotopic (exact) mass is 513 g/mol. The second-order valence-corrected chi connectivity index (χ2v) is 11.1. The van der Waals surface area contributed by atoms with Crippen molar-refractivity contribution < 1.29 is 18.4 Å². The molecule has 10 heteroatoms. The van der Waals surface area contributed by atoms with Crippen molar-refractivity contribution in [3.8, 4) is 0 Å². The molecule has 0 aliphatic carbocycles. The SMILES string of the molecule is CN1C(=O)[C@]2(c3cc(Cl)ccc31)N(C)C[C@H](c1ccco1)[C@]21SC(=S)N(Cc2ccco2)C1=O. The van der Waals surface area contributed by atoms with Crippen molar-refractivity contribution in [1.29, 1.82) is 0 Å². The smallest absolute Gasteiger partial charge is 0.254 e. The first-order chi connectivity index (χ1) is 16.3. The summed E-state index contributed by atoms with van der Waals surface area (Å²) in [7, 11) is 3.60. The molecule has 2 aromatic heterocycles. The van der Waals surface area contributed by atoms with Gasteiger partial charge in [0, 0.05) is 29.9 Å². The Labute approximate surface area is 210 Å². The maximum absolute atomic E-state index is 14.5. The zero-order chi connectivity index (χ0) is 23.8. The van der Waals surface area contributed by atoms with Gasteiger partial charge in [0.25, 0.3) is 5.91 Å². The van der Waals surface area contributed by atoms with Gasteiger partial charge in [-0.15, -0.1) is 0 Å². The molecule has 3 atom stereocenters. The van der Waals surface area contributed by atoms with Crippen LogP contribution in [0.15, 0.2) is 63.8 Å². The number of nitrogens with zero attached hydrogens (tertiary/aromatic N) is 3. The molecule has 7 nitrogen and oxygen atoms in total. The molecule has 3 aliphatic rings. The normalized spacial score (nSPS) is 28.8. The molecular weight excluding hydrogens is 494 g/mol. The maximum Gasteiger partial charge on any atom is 0.254 e. The van der Waals surface area contributed by atoms with E-state index >= 15 is 0 Å². The molecule has 0 saturated carbocycles. The van der Waals surface area contributed by atoms with Crippen molar-refractivity contribution in [3.63, 3.8) is 0 Å². The average Bonchev–Trinajstić information content (AvgIpc) is 3.61. The highest BCUT2D eigenvalue weighted by Crippen LogP contribution is 2.66. The Morgan fingerprint density at radius 1 is 1.12 bits per heavy atom. The second kappa shape index (κ2) is 7.45. The first-order valence-electron chi connectivity index (χ1n) is 10.7. The van der Waals surface area contributed by atoms with Crippen LogP contribution in [0.4, 0.5) is 5.69 Å². The largest absolute Gasteiger partial charge is 0.469 e. The predicted molar refractivity (Wildman–Crippen MR) is 133 cm³/mol. The van der Waals surface area contributed by atoms with Crippen molar-refractivity contribution in [2.75, 3.05) is 25.5 Å². The van der Waals surface area contributed by atoms with Gasteiger partial charge in [0.15, 0.2) is 5.54 Å². The molecular formula is C24H20ClN3O4S2. The van der Waals surface area contributed by atoms with Gasteiger partial charge in [0.05, 0.1) is 25.0 Å². The standard InChI is InChI=1S/C24H20ClN3O4S2/c1-26-13-17(19-6-4-10-32-19)24(21(30)28(22(33)34-24)12-15-5-3-9-31-15)23(26)16-11-14(25)7-8-18(16)27(2)20(23)29/h3-11,17H,12-13H2,1-2H3/t17-,23+,24-/m1/s1. The van der Waals surface area contributed by atoms with Crippen LogP contribution >= 0.6 is 35.6 Å². The number of furan rings is 2. The highest BCUT2D eigenvalue weighted by Gasteiger charge is 2.79. The average molecular weight is 514 g/mol. The van der Waals surface area contributed by atoms with Crippen LogP contribution in [-0.2, 0) is 21.7 Å². The molecule has 2 saturated heterocycles. The minimum absolute atomic E-state index is 0.190. The minimum atomic E-state index is -1.32. The number of benzene rings is 1. The van der Waals surface area contributed by atoms with Crippen molar-refractivity contribution in [1.82, 2.24) is 9.80 Å². The second-order valence-electron chi connectivity index (χ2n) is 8.76. The Kier molecular flexibility index (Phi) is 4.80. The van der Waals surface area contributed by atoms with Gasteiger partial charge in [-0.1, -0.05) is 35.6 Å². The number of likely N-dealkylation sites (tertiary alicyclic amines) is 1. The van der Waals surface area contributed by atoms with Gasteiger partial charge < -0.3 is 13.7 Å². The number of carbonyl (C=O) groups is 2. The van der Waals surface area contributed by atoms with Crippen molar-refractivity contribution in [2.45, 2.75) is 22.7 Å². The quantitative estimate of drug-likeness (QED) is 0.485. The minimum Gasteiger partial charge on any atom is -0.469 e. The molecule has 2 fully saturated rings. The lowest BCUT2D eigenvalue weighted by Gasteiger charge is -2.41. The van der Waals surface area contributed by atoms with Gasteiger partial charge >= 0.3 is 0 Å². The first kappa shape index (κ1) is 21.9. The van der Waals surface area contributed by atoms with Gasteiger partial charge in [-0.2, -0.15) is 0 Å². The number of thiocarbonyl (C=S) groups is 1. The molecule has 0 N–H and O–H groups in total. The zero-order valence-corrected chi connectivity index (χ0v) is 20.7. The summed E-state index contributed by atoms with van der Waals surface area (Å²) in [5.41, 5.74) is 0.112. The molecule has 1 aromatic carbocycles. The molecule has 0 unspecified atom stereocenters. The number of anilines is 1. The number of hydrogen-bond acceptors (Lipinski definition) is 7. The Morgan fingerprint density at radius 3 is 2.59 bits per heavy atom. The summed E-state index contributed by atoms with van der Waals surface area (Å²) >= 11 is 13.5. The lowest BCUT2D eigenvalue weighted by atomic mass is 9.73. The number of fused-ring (bicyclic) bond motifs is 3. The number of amides is 2. The fourth-order valence-electron chi connectivity index (χ4n) is 5.80. The molecule has 3 aromatic rings. The Bertz CT molecular complexity index is 1330. The third kappa shape index (κ3) is 2.55. The van der Waals surface area contributed by atoms with Crippen molar-refractivity contribution >= 4 is 57.4 Å². The van der Waals surface area contributed by atoms with Gasteiger partial charge in [0.1, 0.15) is 20.6 Å². The Hall–Kier alpha value is -2.59. The van der Waals surface area contributed by atoms with Crippen LogP contribution in [0.5, 0.6) is 0 Å². The summed E-state index contributed by atoms with van der Waals surface area (Å²) in [6.07, 6.45) is 3.15. The van der Waals surface area contributed by atoms with Gasteiger partial charge in [0.2, 0.25) is 5.91 Å². The van der Waals surface area contributed by atoms with E-state index in [9.17, 15) is 9.59 Å². The number of likely N-dealkylation sites (N-methyl/N-ethyl adjacent to an activating group) is 2. The molecule has 34 heavy (non-hydrogen) atoms. The van der Waals surface area contributed by atoms with Crippen LogP contribution in [0.25, 0.3) is 0 Å². The summed E-state index contributed by atoms with van der Waals surface area (Å²) in [5.74, 6) is 0.399. The fourth-order valence-corrected chi connectivity index (χ4v) is 8.08. The molecule has 0 bridgehead atoms. The summed E-state index contributed by atoms with van der Waals surface area (Å²) in [6.45, 7) is 0.617. The zero-order valence-electron chi connectivity index (χ0n) is 18.4. The maximum atomic E-state index is 14.5. The molecule has 0 radical (unpaired) electrons. The van der Waals surface area contributed by atoms with E-state index in [1.54, 1.807) is 59.7 Å². The van der Waals surface area contributed by atoms with E-state index in [-0.39, 0.29) is 18.4 Å². The van der Waals surface area contributed by atoms with Gasteiger partial charge in [-0.3, -0.25) is 19.4 Å².